The van der Waals surface area contributed by atoms with E-state index in [1.54, 1.807) is 19.7 Å². The van der Waals surface area contributed by atoms with Crippen molar-refractivity contribution in [2.75, 3.05) is 26.8 Å². The van der Waals surface area contributed by atoms with E-state index in [-0.39, 0.29) is 11.8 Å². The number of aryl methyl sites for hydroxylation is 1. The Balaban J connectivity index is 1.76. The summed E-state index contributed by atoms with van der Waals surface area (Å²) in [5, 5.41) is 2.94. The first-order valence-corrected chi connectivity index (χ1v) is 7.70. The van der Waals surface area contributed by atoms with Gasteiger partial charge in [-0.3, -0.25) is 9.69 Å². The molecule has 23 heavy (non-hydrogen) atoms. The van der Waals surface area contributed by atoms with Gasteiger partial charge in [0.15, 0.2) is 0 Å². The van der Waals surface area contributed by atoms with E-state index < -0.39 is 0 Å². The molecule has 2 aromatic heterocycles. The van der Waals surface area contributed by atoms with Gasteiger partial charge in [-0.15, -0.1) is 0 Å². The lowest BCUT2D eigenvalue weighted by Gasteiger charge is -2.31. The number of imidazole rings is 1. The average molecular weight is 318 g/mol. The van der Waals surface area contributed by atoms with Gasteiger partial charge in [0.1, 0.15) is 5.76 Å². The summed E-state index contributed by atoms with van der Waals surface area (Å²) in [4.78, 5) is 19.2. The molecule has 1 amide bonds. The Labute approximate surface area is 135 Å². The van der Waals surface area contributed by atoms with Crippen LogP contribution in [0.5, 0.6) is 0 Å². The Kier molecular flexibility index (Phi) is 4.78. The van der Waals surface area contributed by atoms with Crippen LogP contribution in [0.3, 0.4) is 0 Å². The summed E-state index contributed by atoms with van der Waals surface area (Å²) >= 11 is 0. The van der Waals surface area contributed by atoms with Gasteiger partial charge in [0.2, 0.25) is 5.91 Å². The number of hydrogen-bond donors (Lipinski definition) is 1. The molecule has 1 aliphatic heterocycles. The van der Waals surface area contributed by atoms with Crippen molar-refractivity contribution in [3.05, 3.63) is 41.9 Å². The number of furan rings is 1. The second-order valence-corrected chi connectivity index (χ2v) is 5.77. The van der Waals surface area contributed by atoms with Crippen molar-refractivity contribution < 1.29 is 13.9 Å². The molecule has 124 valence electrons. The summed E-state index contributed by atoms with van der Waals surface area (Å²) in [6.07, 6.45) is 3.44. The predicted molar refractivity (Wildman–Crippen MR) is 83.7 cm³/mol. The minimum absolute atomic E-state index is 0.0102. The van der Waals surface area contributed by atoms with E-state index in [2.05, 4.69) is 15.2 Å². The van der Waals surface area contributed by atoms with Crippen molar-refractivity contribution in [1.29, 1.82) is 0 Å². The zero-order chi connectivity index (χ0) is 16.2. The number of aromatic nitrogens is 2. The van der Waals surface area contributed by atoms with Crippen molar-refractivity contribution in [3.8, 4) is 0 Å². The molecule has 0 aromatic carbocycles. The molecule has 0 unspecified atom stereocenters. The summed E-state index contributed by atoms with van der Waals surface area (Å²) in [5.74, 6) is 0.664. The zero-order valence-corrected chi connectivity index (χ0v) is 13.5. The Morgan fingerprint density at radius 2 is 2.43 bits per heavy atom. The number of nitrogens with one attached hydrogen (secondary N) is 1. The molecule has 0 aliphatic carbocycles. The van der Waals surface area contributed by atoms with Crippen molar-refractivity contribution in [2.24, 2.45) is 7.05 Å². The van der Waals surface area contributed by atoms with E-state index in [1.807, 2.05) is 23.7 Å². The van der Waals surface area contributed by atoms with Crippen LogP contribution in [-0.4, -0.2) is 47.2 Å². The molecular formula is C16H22N4O3. The quantitative estimate of drug-likeness (QED) is 0.800. The second kappa shape index (κ2) is 6.97. The van der Waals surface area contributed by atoms with Gasteiger partial charge >= 0.3 is 0 Å². The molecule has 0 saturated carbocycles. The molecule has 1 N–H and O–H groups in total. The summed E-state index contributed by atoms with van der Waals surface area (Å²) in [5.41, 5.74) is 1.95. The monoisotopic (exact) mass is 318 g/mol. The number of carbonyl (C=O) groups is 1. The fourth-order valence-electron chi connectivity index (χ4n) is 3.03. The highest BCUT2D eigenvalue weighted by atomic mass is 16.5. The zero-order valence-electron chi connectivity index (χ0n) is 13.5. The summed E-state index contributed by atoms with van der Waals surface area (Å²) < 4.78 is 12.4. The summed E-state index contributed by atoms with van der Waals surface area (Å²) in [6, 6.07) is 3.82. The number of amides is 1. The van der Waals surface area contributed by atoms with Crippen molar-refractivity contribution in [2.45, 2.75) is 19.0 Å². The Hall–Kier alpha value is -2.12. The molecule has 1 aliphatic rings. The van der Waals surface area contributed by atoms with E-state index in [1.165, 1.54) is 0 Å². The van der Waals surface area contributed by atoms with Gasteiger partial charge in [0.05, 0.1) is 43.0 Å². The maximum absolute atomic E-state index is 12.6. The van der Waals surface area contributed by atoms with Gasteiger partial charge in [-0.05, 0) is 12.1 Å². The van der Waals surface area contributed by atoms with Crippen molar-refractivity contribution in [3.63, 3.8) is 0 Å². The van der Waals surface area contributed by atoms with E-state index >= 15 is 0 Å². The SMILES string of the molecule is COCCNC(=O)[C@H]1CN(Cc2ccco2)Cc2ncn(C)c21. The lowest BCUT2D eigenvalue weighted by Crippen LogP contribution is -2.42. The highest BCUT2D eigenvalue weighted by molar-refractivity contribution is 5.84. The topological polar surface area (TPSA) is 72.5 Å². The van der Waals surface area contributed by atoms with Crippen LogP contribution < -0.4 is 5.32 Å². The smallest absolute Gasteiger partial charge is 0.230 e. The molecule has 0 fully saturated rings. The lowest BCUT2D eigenvalue weighted by molar-refractivity contribution is -0.123. The van der Waals surface area contributed by atoms with Gasteiger partial charge in [-0.1, -0.05) is 0 Å². The summed E-state index contributed by atoms with van der Waals surface area (Å²) in [7, 11) is 3.56. The van der Waals surface area contributed by atoms with Gasteiger partial charge < -0.3 is 19.0 Å². The van der Waals surface area contributed by atoms with Gasteiger partial charge in [0.25, 0.3) is 0 Å². The Bertz CT molecular complexity index is 650. The van der Waals surface area contributed by atoms with E-state index in [0.717, 1.165) is 23.7 Å². The normalized spacial score (nSPS) is 17.9. The first kappa shape index (κ1) is 15.8. The maximum Gasteiger partial charge on any atom is 0.230 e. The maximum atomic E-state index is 12.6. The van der Waals surface area contributed by atoms with E-state index in [4.69, 9.17) is 9.15 Å². The number of carbonyl (C=O) groups excluding carboxylic acids is 1. The van der Waals surface area contributed by atoms with Gasteiger partial charge in [-0.2, -0.15) is 0 Å². The van der Waals surface area contributed by atoms with Crippen molar-refractivity contribution in [1.82, 2.24) is 19.8 Å². The minimum atomic E-state index is -0.238. The van der Waals surface area contributed by atoms with Crippen LogP contribution in [-0.2, 0) is 29.7 Å². The average Bonchev–Trinajstić information content (AvgIpc) is 3.17. The van der Waals surface area contributed by atoms with Crippen LogP contribution in [0.25, 0.3) is 0 Å². The van der Waals surface area contributed by atoms with Crippen LogP contribution in [0.1, 0.15) is 23.1 Å². The molecule has 3 rings (SSSR count). The van der Waals surface area contributed by atoms with Crippen LogP contribution in [0.4, 0.5) is 0 Å². The highest BCUT2D eigenvalue weighted by Gasteiger charge is 2.33. The molecule has 7 heteroatoms. The predicted octanol–water partition coefficient (Wildman–Crippen LogP) is 0.875. The van der Waals surface area contributed by atoms with Crippen LogP contribution in [0.15, 0.2) is 29.1 Å². The molecule has 2 aromatic rings. The number of nitrogens with zero attached hydrogens (tertiary/aromatic N) is 3. The Morgan fingerprint density at radius 3 is 3.17 bits per heavy atom. The fraction of sp³-hybridized carbons (Fsp3) is 0.500. The number of ether oxygens (including phenoxy) is 1. The fourth-order valence-corrected chi connectivity index (χ4v) is 3.03. The van der Waals surface area contributed by atoms with Crippen LogP contribution in [0.2, 0.25) is 0 Å². The molecule has 7 nitrogen and oxygen atoms in total. The number of methoxy groups -OCH3 is 1. The molecule has 1 atom stereocenters. The highest BCUT2D eigenvalue weighted by Crippen LogP contribution is 2.28. The third-order valence-corrected chi connectivity index (χ3v) is 4.09. The van der Waals surface area contributed by atoms with E-state index in [0.29, 0.717) is 26.2 Å². The van der Waals surface area contributed by atoms with Crippen LogP contribution in [0, 0.1) is 0 Å². The molecular weight excluding hydrogens is 296 g/mol. The second-order valence-electron chi connectivity index (χ2n) is 5.77. The summed E-state index contributed by atoms with van der Waals surface area (Å²) in [6.45, 7) is 3.06. The first-order chi connectivity index (χ1) is 11.2. The molecule has 3 heterocycles. The number of rotatable bonds is 6. The third kappa shape index (κ3) is 3.46. The lowest BCUT2D eigenvalue weighted by atomic mass is 9.97. The van der Waals surface area contributed by atoms with Crippen molar-refractivity contribution >= 4 is 5.91 Å². The van der Waals surface area contributed by atoms with Gasteiger partial charge in [-0.25, -0.2) is 4.98 Å². The van der Waals surface area contributed by atoms with E-state index in [9.17, 15) is 4.79 Å². The van der Waals surface area contributed by atoms with Crippen LogP contribution >= 0.6 is 0 Å². The molecule has 0 radical (unpaired) electrons. The minimum Gasteiger partial charge on any atom is -0.468 e. The molecule has 0 saturated heterocycles. The Morgan fingerprint density at radius 1 is 1.57 bits per heavy atom. The molecule has 0 bridgehead atoms. The van der Waals surface area contributed by atoms with Gasteiger partial charge in [0, 0.05) is 33.8 Å². The largest absolute Gasteiger partial charge is 0.468 e. The first-order valence-electron chi connectivity index (χ1n) is 7.70. The number of fused-ring (bicyclic) bond motifs is 1. The standard InChI is InChI=1S/C16H22N4O3/c1-19-11-18-14-10-20(8-12-4-3-6-23-12)9-13(15(14)19)16(21)17-5-7-22-2/h3-4,6,11,13H,5,7-10H2,1-2H3,(H,17,21)/t13-/m0/s1. The number of hydrogen-bond acceptors (Lipinski definition) is 5. The third-order valence-electron chi connectivity index (χ3n) is 4.09. The molecule has 0 spiro atoms.